The number of methoxy groups -OCH3 is 1. The molecule has 0 aliphatic rings. The summed E-state index contributed by atoms with van der Waals surface area (Å²) in [5.74, 6) is 0.656. The number of hydrogen-bond acceptors (Lipinski definition) is 4. The lowest BCUT2D eigenvalue weighted by Crippen LogP contribution is -2.23. The van der Waals surface area contributed by atoms with Crippen LogP contribution >= 0.6 is 11.6 Å². The molecular weight excluding hydrogens is 304 g/mol. The summed E-state index contributed by atoms with van der Waals surface area (Å²) in [5, 5.41) is 12.1. The molecular formula is C16H13ClN2O3. The fourth-order valence-corrected chi connectivity index (χ4v) is 2.03. The number of furan rings is 1. The monoisotopic (exact) mass is 316 g/mol. The van der Waals surface area contributed by atoms with Crippen LogP contribution < -0.4 is 10.1 Å². The molecule has 0 fully saturated rings. The van der Waals surface area contributed by atoms with Gasteiger partial charge in [0, 0.05) is 0 Å². The Kier molecular flexibility index (Phi) is 5.23. The van der Waals surface area contributed by atoms with Crippen LogP contribution in [0.25, 0.3) is 6.08 Å². The normalized spacial score (nSPS) is 10.9. The molecule has 1 aromatic heterocycles. The zero-order valence-electron chi connectivity index (χ0n) is 11.8. The van der Waals surface area contributed by atoms with E-state index in [9.17, 15) is 4.79 Å². The van der Waals surface area contributed by atoms with Crippen LogP contribution in [0, 0.1) is 11.3 Å². The number of carbonyl (C=O) groups is 1. The van der Waals surface area contributed by atoms with Gasteiger partial charge in [-0.15, -0.1) is 0 Å². The van der Waals surface area contributed by atoms with E-state index in [4.69, 9.17) is 26.0 Å². The van der Waals surface area contributed by atoms with Crippen molar-refractivity contribution in [3.63, 3.8) is 0 Å². The summed E-state index contributed by atoms with van der Waals surface area (Å²) in [7, 11) is 1.51. The van der Waals surface area contributed by atoms with E-state index < -0.39 is 5.91 Å². The number of benzene rings is 1. The van der Waals surface area contributed by atoms with Crippen LogP contribution in [0.15, 0.2) is 46.6 Å². The van der Waals surface area contributed by atoms with Gasteiger partial charge in [-0.25, -0.2) is 0 Å². The van der Waals surface area contributed by atoms with E-state index in [1.165, 1.54) is 19.4 Å². The Hall–Kier alpha value is -2.71. The van der Waals surface area contributed by atoms with Gasteiger partial charge in [-0.05, 0) is 35.9 Å². The number of nitrogens with one attached hydrogen (secondary N) is 1. The van der Waals surface area contributed by atoms with Crippen molar-refractivity contribution in [3.05, 3.63) is 58.5 Å². The highest BCUT2D eigenvalue weighted by atomic mass is 35.5. The van der Waals surface area contributed by atoms with Crippen LogP contribution in [-0.4, -0.2) is 13.0 Å². The molecule has 1 aromatic carbocycles. The first-order valence-electron chi connectivity index (χ1n) is 6.40. The van der Waals surface area contributed by atoms with Crippen molar-refractivity contribution in [1.82, 2.24) is 5.32 Å². The summed E-state index contributed by atoms with van der Waals surface area (Å²) in [6.45, 7) is 0.216. The number of rotatable bonds is 5. The van der Waals surface area contributed by atoms with Gasteiger partial charge in [0.1, 0.15) is 23.2 Å². The third-order valence-corrected chi connectivity index (χ3v) is 3.15. The second-order valence-electron chi connectivity index (χ2n) is 4.33. The van der Waals surface area contributed by atoms with Gasteiger partial charge in [0.25, 0.3) is 5.91 Å². The van der Waals surface area contributed by atoms with Crippen molar-refractivity contribution in [2.45, 2.75) is 6.54 Å². The van der Waals surface area contributed by atoms with Gasteiger partial charge in [-0.2, -0.15) is 5.26 Å². The molecule has 0 aliphatic heterocycles. The molecule has 0 radical (unpaired) electrons. The Morgan fingerprint density at radius 1 is 1.50 bits per heavy atom. The van der Waals surface area contributed by atoms with E-state index in [2.05, 4.69) is 5.32 Å². The van der Waals surface area contributed by atoms with Gasteiger partial charge < -0.3 is 14.5 Å². The Labute approximate surface area is 132 Å². The fourth-order valence-electron chi connectivity index (χ4n) is 1.76. The minimum Gasteiger partial charge on any atom is -0.495 e. The first-order chi connectivity index (χ1) is 10.6. The van der Waals surface area contributed by atoms with Crippen LogP contribution in [0.2, 0.25) is 5.02 Å². The van der Waals surface area contributed by atoms with E-state index in [1.807, 2.05) is 6.07 Å². The number of carbonyl (C=O) groups excluding carboxylic acids is 1. The van der Waals surface area contributed by atoms with E-state index in [0.717, 1.165) is 0 Å². The summed E-state index contributed by atoms with van der Waals surface area (Å²) in [6, 6.07) is 10.3. The van der Waals surface area contributed by atoms with Crippen molar-refractivity contribution >= 4 is 23.6 Å². The first-order valence-corrected chi connectivity index (χ1v) is 6.77. The smallest absolute Gasteiger partial charge is 0.262 e. The minimum atomic E-state index is -0.481. The number of halogens is 1. The van der Waals surface area contributed by atoms with Crippen molar-refractivity contribution in [2.75, 3.05) is 7.11 Å². The summed E-state index contributed by atoms with van der Waals surface area (Å²) in [5.41, 5.74) is 0.614. The molecule has 0 saturated carbocycles. The van der Waals surface area contributed by atoms with E-state index in [-0.39, 0.29) is 12.1 Å². The first kappa shape index (κ1) is 15.7. The van der Waals surface area contributed by atoms with Crippen molar-refractivity contribution < 1.29 is 13.9 Å². The molecule has 1 amide bonds. The SMILES string of the molecule is COc1ccc(/C=C(\C#N)C(=O)NCc2ccco2)cc1Cl. The van der Waals surface area contributed by atoms with Crippen molar-refractivity contribution in [2.24, 2.45) is 0 Å². The molecule has 5 nitrogen and oxygen atoms in total. The molecule has 0 saturated heterocycles. The van der Waals surface area contributed by atoms with Crippen LogP contribution in [0.1, 0.15) is 11.3 Å². The van der Waals surface area contributed by atoms with Gasteiger partial charge in [0.2, 0.25) is 0 Å². The highest BCUT2D eigenvalue weighted by molar-refractivity contribution is 6.32. The van der Waals surface area contributed by atoms with Crippen LogP contribution in [-0.2, 0) is 11.3 Å². The lowest BCUT2D eigenvalue weighted by molar-refractivity contribution is -0.117. The molecule has 0 aliphatic carbocycles. The fraction of sp³-hybridized carbons (Fsp3) is 0.125. The quantitative estimate of drug-likeness (QED) is 0.679. The molecule has 1 N–H and O–H groups in total. The molecule has 2 rings (SSSR count). The summed E-state index contributed by atoms with van der Waals surface area (Å²) in [4.78, 5) is 12.0. The Morgan fingerprint density at radius 2 is 2.32 bits per heavy atom. The summed E-state index contributed by atoms with van der Waals surface area (Å²) in [6.07, 6.45) is 2.98. The molecule has 0 unspecified atom stereocenters. The molecule has 2 aromatic rings. The topological polar surface area (TPSA) is 75.3 Å². The van der Waals surface area contributed by atoms with Crippen LogP contribution in [0.3, 0.4) is 0 Å². The molecule has 1 heterocycles. The molecule has 22 heavy (non-hydrogen) atoms. The zero-order valence-corrected chi connectivity index (χ0v) is 12.6. The summed E-state index contributed by atoms with van der Waals surface area (Å²) < 4.78 is 10.2. The molecule has 0 spiro atoms. The van der Waals surface area contributed by atoms with Gasteiger partial charge in [0.15, 0.2) is 0 Å². The number of amides is 1. The van der Waals surface area contributed by atoms with Gasteiger partial charge in [-0.3, -0.25) is 4.79 Å². The number of nitriles is 1. The highest BCUT2D eigenvalue weighted by Gasteiger charge is 2.10. The van der Waals surface area contributed by atoms with Crippen LogP contribution in [0.4, 0.5) is 0 Å². The number of hydrogen-bond donors (Lipinski definition) is 1. The maximum absolute atomic E-state index is 12.0. The highest BCUT2D eigenvalue weighted by Crippen LogP contribution is 2.25. The molecule has 0 atom stereocenters. The van der Waals surface area contributed by atoms with E-state index in [1.54, 1.807) is 30.3 Å². The van der Waals surface area contributed by atoms with Gasteiger partial charge in [-0.1, -0.05) is 17.7 Å². The predicted molar refractivity (Wildman–Crippen MR) is 82.1 cm³/mol. The predicted octanol–water partition coefficient (Wildman–Crippen LogP) is 3.16. The zero-order chi connectivity index (χ0) is 15.9. The average Bonchev–Trinajstić information content (AvgIpc) is 3.04. The number of nitrogens with zero attached hydrogens (tertiary/aromatic N) is 1. The van der Waals surface area contributed by atoms with E-state index >= 15 is 0 Å². The third kappa shape index (κ3) is 3.90. The summed E-state index contributed by atoms with van der Waals surface area (Å²) >= 11 is 6.01. The number of ether oxygens (including phenoxy) is 1. The third-order valence-electron chi connectivity index (χ3n) is 2.86. The maximum Gasteiger partial charge on any atom is 0.262 e. The molecule has 0 bridgehead atoms. The van der Waals surface area contributed by atoms with Crippen LogP contribution in [0.5, 0.6) is 5.75 Å². The van der Waals surface area contributed by atoms with Gasteiger partial charge in [0.05, 0.1) is 24.9 Å². The van der Waals surface area contributed by atoms with E-state index in [0.29, 0.717) is 22.1 Å². The van der Waals surface area contributed by atoms with Gasteiger partial charge >= 0.3 is 0 Å². The molecule has 6 heteroatoms. The lowest BCUT2D eigenvalue weighted by atomic mass is 10.1. The maximum atomic E-state index is 12.0. The Morgan fingerprint density at radius 3 is 2.91 bits per heavy atom. The lowest BCUT2D eigenvalue weighted by Gasteiger charge is -2.04. The molecule has 112 valence electrons. The second kappa shape index (κ2) is 7.34. The minimum absolute atomic E-state index is 0.0206. The van der Waals surface area contributed by atoms with Crippen molar-refractivity contribution in [3.8, 4) is 11.8 Å². The standard InChI is InChI=1S/C16H13ClN2O3/c1-21-15-5-4-11(8-14(15)17)7-12(9-18)16(20)19-10-13-3-2-6-22-13/h2-8H,10H2,1H3,(H,19,20)/b12-7+. The second-order valence-corrected chi connectivity index (χ2v) is 4.73. The van der Waals surface area contributed by atoms with Crippen molar-refractivity contribution in [1.29, 1.82) is 5.26 Å². The Balaban J connectivity index is 2.11. The largest absolute Gasteiger partial charge is 0.495 e. The average molecular weight is 317 g/mol. The Bertz CT molecular complexity index is 730.